The summed E-state index contributed by atoms with van der Waals surface area (Å²) in [5.41, 5.74) is 1.40. The Hall–Kier alpha value is -2.47. The molecule has 1 aliphatic rings. The average Bonchev–Trinajstić information content (AvgIpc) is 2.61. The second-order valence-electron chi connectivity index (χ2n) is 6.24. The Kier molecular flexibility index (Phi) is 5.28. The number of benzene rings is 2. The van der Waals surface area contributed by atoms with Gasteiger partial charge in [0.2, 0.25) is 0 Å². The average molecular weight is 346 g/mol. The molecule has 25 heavy (non-hydrogen) atoms. The van der Waals surface area contributed by atoms with Crippen molar-refractivity contribution >= 4 is 17.3 Å². The first-order valence-electron chi connectivity index (χ1n) is 8.29. The molecule has 0 spiro atoms. The minimum Gasteiger partial charge on any atom is -0.396 e. The first-order chi connectivity index (χ1) is 12.1. The highest BCUT2D eigenvalue weighted by Crippen LogP contribution is 2.30. The molecular formula is C19H20F2N2O2. The molecule has 0 radical (unpaired) electrons. The van der Waals surface area contributed by atoms with Crippen molar-refractivity contribution in [2.45, 2.75) is 12.8 Å². The predicted molar refractivity (Wildman–Crippen MR) is 92.8 cm³/mol. The summed E-state index contributed by atoms with van der Waals surface area (Å²) in [5.74, 6) is -1.82. The maximum atomic E-state index is 13.3. The van der Waals surface area contributed by atoms with Crippen LogP contribution in [-0.4, -0.2) is 30.7 Å². The highest BCUT2D eigenvalue weighted by molar-refractivity contribution is 6.06. The van der Waals surface area contributed by atoms with E-state index in [1.54, 1.807) is 12.1 Å². The van der Waals surface area contributed by atoms with Crippen molar-refractivity contribution in [3.8, 4) is 0 Å². The Morgan fingerprint density at radius 1 is 1.12 bits per heavy atom. The minimum atomic E-state index is -0.787. The SMILES string of the molecule is O=C(Nc1ccccc1N1CCC(CO)CC1)c1cc(F)cc(F)c1. The van der Waals surface area contributed by atoms with Crippen LogP contribution in [0.1, 0.15) is 23.2 Å². The molecule has 1 aliphatic heterocycles. The van der Waals surface area contributed by atoms with Gasteiger partial charge in [-0.25, -0.2) is 8.78 Å². The van der Waals surface area contributed by atoms with Crippen LogP contribution in [0.5, 0.6) is 0 Å². The van der Waals surface area contributed by atoms with Gasteiger partial charge >= 0.3 is 0 Å². The minimum absolute atomic E-state index is 0.0636. The fourth-order valence-corrected chi connectivity index (χ4v) is 3.09. The van der Waals surface area contributed by atoms with E-state index in [-0.39, 0.29) is 12.2 Å². The van der Waals surface area contributed by atoms with Crippen LogP contribution in [0.2, 0.25) is 0 Å². The molecule has 1 heterocycles. The van der Waals surface area contributed by atoms with Gasteiger partial charge in [0.25, 0.3) is 5.91 Å². The Morgan fingerprint density at radius 3 is 2.40 bits per heavy atom. The van der Waals surface area contributed by atoms with Crippen LogP contribution in [0, 0.1) is 17.6 Å². The number of nitrogens with zero attached hydrogens (tertiary/aromatic N) is 1. The topological polar surface area (TPSA) is 52.6 Å². The van der Waals surface area contributed by atoms with Gasteiger partial charge in [-0.05, 0) is 43.0 Å². The molecule has 3 rings (SSSR count). The summed E-state index contributed by atoms with van der Waals surface area (Å²) in [5, 5.41) is 12.0. The van der Waals surface area contributed by atoms with Crippen molar-refractivity contribution in [1.29, 1.82) is 0 Å². The lowest BCUT2D eigenvalue weighted by Gasteiger charge is -2.34. The number of hydrogen-bond donors (Lipinski definition) is 2. The van der Waals surface area contributed by atoms with Crippen molar-refractivity contribution in [2.75, 3.05) is 29.9 Å². The van der Waals surface area contributed by atoms with Crippen molar-refractivity contribution in [2.24, 2.45) is 5.92 Å². The van der Waals surface area contributed by atoms with E-state index in [1.165, 1.54) is 0 Å². The number of nitrogens with one attached hydrogen (secondary N) is 1. The monoisotopic (exact) mass is 346 g/mol. The molecule has 6 heteroatoms. The number of hydrogen-bond acceptors (Lipinski definition) is 3. The van der Waals surface area contributed by atoms with E-state index < -0.39 is 17.5 Å². The van der Waals surface area contributed by atoms with Gasteiger partial charge in [-0.2, -0.15) is 0 Å². The lowest BCUT2D eigenvalue weighted by atomic mass is 9.97. The molecule has 1 saturated heterocycles. The number of carbonyl (C=O) groups excluding carboxylic acids is 1. The third-order valence-corrected chi connectivity index (χ3v) is 4.49. The molecule has 0 unspecified atom stereocenters. The molecule has 1 fully saturated rings. The number of carbonyl (C=O) groups is 1. The second-order valence-corrected chi connectivity index (χ2v) is 6.24. The van der Waals surface area contributed by atoms with Gasteiger partial charge in [0.15, 0.2) is 0 Å². The summed E-state index contributed by atoms with van der Waals surface area (Å²) >= 11 is 0. The third-order valence-electron chi connectivity index (χ3n) is 4.49. The molecule has 4 nitrogen and oxygen atoms in total. The zero-order valence-corrected chi connectivity index (χ0v) is 13.7. The summed E-state index contributed by atoms with van der Waals surface area (Å²) < 4.78 is 26.6. The summed E-state index contributed by atoms with van der Waals surface area (Å²) in [4.78, 5) is 14.5. The van der Waals surface area contributed by atoms with E-state index >= 15 is 0 Å². The standard InChI is InChI=1S/C19H20F2N2O2/c20-15-9-14(10-16(21)11-15)19(25)22-17-3-1-2-4-18(17)23-7-5-13(12-24)6-8-23/h1-4,9-11,13,24H,5-8,12H2,(H,22,25). The van der Waals surface area contributed by atoms with Crippen LogP contribution >= 0.6 is 0 Å². The molecule has 2 aromatic carbocycles. The first-order valence-corrected chi connectivity index (χ1v) is 8.29. The highest BCUT2D eigenvalue weighted by Gasteiger charge is 2.21. The summed E-state index contributed by atoms with van der Waals surface area (Å²) in [6, 6.07) is 10.1. The highest BCUT2D eigenvalue weighted by atomic mass is 19.1. The third kappa shape index (κ3) is 4.14. The summed E-state index contributed by atoms with van der Waals surface area (Å²) in [6.07, 6.45) is 1.77. The van der Waals surface area contributed by atoms with Crippen LogP contribution < -0.4 is 10.2 Å². The van der Waals surface area contributed by atoms with Gasteiger partial charge in [0, 0.05) is 31.3 Å². The molecule has 2 N–H and O–H groups in total. The first kappa shape index (κ1) is 17.4. The van der Waals surface area contributed by atoms with Gasteiger partial charge in [-0.1, -0.05) is 12.1 Å². The summed E-state index contributed by atoms with van der Waals surface area (Å²) in [7, 11) is 0. The van der Waals surface area contributed by atoms with Crippen LogP contribution in [0.15, 0.2) is 42.5 Å². The predicted octanol–water partition coefficient (Wildman–Crippen LogP) is 3.43. The second kappa shape index (κ2) is 7.61. The number of amides is 1. The van der Waals surface area contributed by atoms with E-state index in [0.717, 1.165) is 49.8 Å². The van der Waals surface area contributed by atoms with Gasteiger partial charge in [-0.3, -0.25) is 4.79 Å². The molecule has 0 saturated carbocycles. The van der Waals surface area contributed by atoms with Crippen LogP contribution in [0.3, 0.4) is 0 Å². The van der Waals surface area contributed by atoms with Gasteiger partial charge in [-0.15, -0.1) is 0 Å². The van der Waals surface area contributed by atoms with Gasteiger partial charge < -0.3 is 15.3 Å². The van der Waals surface area contributed by atoms with Gasteiger partial charge in [0.05, 0.1) is 11.4 Å². The molecule has 1 amide bonds. The van der Waals surface area contributed by atoms with E-state index in [9.17, 15) is 18.7 Å². The van der Waals surface area contributed by atoms with Gasteiger partial charge in [0.1, 0.15) is 11.6 Å². The Bertz CT molecular complexity index is 739. The van der Waals surface area contributed by atoms with Crippen molar-refractivity contribution in [3.05, 3.63) is 59.7 Å². The zero-order valence-electron chi connectivity index (χ0n) is 13.7. The molecular weight excluding hydrogens is 326 g/mol. The van der Waals surface area contributed by atoms with Crippen molar-refractivity contribution in [3.63, 3.8) is 0 Å². The molecule has 0 atom stereocenters. The van der Waals surface area contributed by atoms with Crippen LogP contribution in [0.4, 0.5) is 20.2 Å². The quantitative estimate of drug-likeness (QED) is 0.892. The molecule has 132 valence electrons. The van der Waals surface area contributed by atoms with Crippen LogP contribution in [0.25, 0.3) is 0 Å². The Labute approximate surface area is 145 Å². The van der Waals surface area contributed by atoms with E-state index in [2.05, 4.69) is 10.2 Å². The van der Waals surface area contributed by atoms with E-state index in [0.29, 0.717) is 11.6 Å². The van der Waals surface area contributed by atoms with Crippen molar-refractivity contribution < 1.29 is 18.7 Å². The Morgan fingerprint density at radius 2 is 1.76 bits per heavy atom. The number of anilines is 2. The number of aliphatic hydroxyl groups is 1. The number of aliphatic hydroxyl groups excluding tert-OH is 1. The van der Waals surface area contributed by atoms with Crippen LogP contribution in [-0.2, 0) is 0 Å². The molecule has 0 bridgehead atoms. The lowest BCUT2D eigenvalue weighted by molar-refractivity contribution is 0.102. The molecule has 0 aliphatic carbocycles. The normalized spacial score (nSPS) is 15.2. The fourth-order valence-electron chi connectivity index (χ4n) is 3.09. The Balaban J connectivity index is 1.78. The maximum Gasteiger partial charge on any atom is 0.255 e. The zero-order chi connectivity index (χ0) is 17.8. The smallest absolute Gasteiger partial charge is 0.255 e. The maximum absolute atomic E-state index is 13.3. The molecule has 0 aromatic heterocycles. The summed E-state index contributed by atoms with van der Waals surface area (Å²) in [6.45, 7) is 1.76. The largest absolute Gasteiger partial charge is 0.396 e. The number of halogens is 2. The lowest BCUT2D eigenvalue weighted by Crippen LogP contribution is -2.35. The molecule has 2 aromatic rings. The number of para-hydroxylation sites is 2. The fraction of sp³-hybridized carbons (Fsp3) is 0.316. The van der Waals surface area contributed by atoms with Crippen molar-refractivity contribution in [1.82, 2.24) is 0 Å². The van der Waals surface area contributed by atoms with E-state index in [4.69, 9.17) is 0 Å². The number of piperidine rings is 1. The van der Waals surface area contributed by atoms with E-state index in [1.807, 2.05) is 12.1 Å². The number of rotatable bonds is 4.